The van der Waals surface area contributed by atoms with Gasteiger partial charge in [-0.3, -0.25) is 4.84 Å². The Labute approximate surface area is 109 Å². The quantitative estimate of drug-likeness (QED) is 0.796. The molecule has 98 valence electrons. The van der Waals surface area contributed by atoms with Crippen molar-refractivity contribution in [3.05, 3.63) is 34.9 Å². The molecular weight excluding hydrogens is 260 g/mol. The topological polar surface area (TPSA) is 78.9 Å². The Morgan fingerprint density at radius 2 is 2.11 bits per heavy atom. The number of carbonyl (C=O) groups excluding carboxylic acids is 1. The van der Waals surface area contributed by atoms with Crippen LogP contribution in [0, 0.1) is 0 Å². The molecule has 0 aliphatic rings. The number of carboxylic acids is 1. The van der Waals surface area contributed by atoms with Gasteiger partial charge in [-0.05, 0) is 11.6 Å². The monoisotopic (exact) mass is 272 g/mol. The number of hydrogen-bond acceptors (Lipinski definition) is 3. The van der Waals surface area contributed by atoms with Crippen molar-refractivity contribution < 1.29 is 19.5 Å². The number of nitrogens with zero attached hydrogens (tertiary/aromatic N) is 1. The van der Waals surface area contributed by atoms with Gasteiger partial charge in [-0.25, -0.2) is 15.1 Å². The second-order valence-electron chi connectivity index (χ2n) is 3.54. The lowest BCUT2D eigenvalue weighted by atomic mass is 10.2. The zero-order chi connectivity index (χ0) is 13.5. The zero-order valence-corrected chi connectivity index (χ0v) is 10.5. The van der Waals surface area contributed by atoms with Crippen molar-refractivity contribution in [3.63, 3.8) is 0 Å². The summed E-state index contributed by atoms with van der Waals surface area (Å²) in [6.07, 6.45) is 0. The summed E-state index contributed by atoms with van der Waals surface area (Å²) in [7, 11) is 1.54. The lowest BCUT2D eigenvalue weighted by Crippen LogP contribution is -2.37. The summed E-state index contributed by atoms with van der Waals surface area (Å²) in [4.78, 5) is 27.5. The first-order valence-corrected chi connectivity index (χ1v) is 5.46. The predicted molar refractivity (Wildman–Crippen MR) is 65.0 cm³/mol. The Bertz CT molecular complexity index is 439. The maximum Gasteiger partial charge on any atom is 0.341 e. The summed E-state index contributed by atoms with van der Waals surface area (Å²) in [5.74, 6) is -1.16. The highest BCUT2D eigenvalue weighted by molar-refractivity contribution is 6.31. The molecule has 0 radical (unpaired) electrons. The van der Waals surface area contributed by atoms with Crippen LogP contribution in [0.2, 0.25) is 5.02 Å². The predicted octanol–water partition coefficient (Wildman–Crippen LogP) is 1.50. The number of carbonyl (C=O) groups is 2. The van der Waals surface area contributed by atoms with Crippen molar-refractivity contribution in [2.24, 2.45) is 0 Å². The van der Waals surface area contributed by atoms with Crippen LogP contribution in [0.3, 0.4) is 0 Å². The standard InChI is InChI=1S/C11H13ClN2O4/c1-14(11(17)13-18-7-10(15)16)6-8-4-2-3-5-9(8)12/h2-5H,6-7H2,1H3,(H,13,17)(H,15,16). The Morgan fingerprint density at radius 3 is 2.72 bits per heavy atom. The number of carboxylic acid groups (broad SMARTS) is 1. The van der Waals surface area contributed by atoms with Gasteiger partial charge in [0.15, 0.2) is 6.61 Å². The largest absolute Gasteiger partial charge is 0.479 e. The number of hydroxylamine groups is 1. The van der Waals surface area contributed by atoms with Crippen molar-refractivity contribution in [2.45, 2.75) is 6.54 Å². The fraction of sp³-hybridized carbons (Fsp3) is 0.273. The van der Waals surface area contributed by atoms with Crippen LogP contribution in [0.1, 0.15) is 5.56 Å². The van der Waals surface area contributed by atoms with Crippen molar-refractivity contribution in [1.29, 1.82) is 0 Å². The second kappa shape index (κ2) is 6.83. The molecule has 18 heavy (non-hydrogen) atoms. The molecule has 0 atom stereocenters. The highest BCUT2D eigenvalue weighted by atomic mass is 35.5. The smallest absolute Gasteiger partial charge is 0.341 e. The molecule has 0 fully saturated rings. The van der Waals surface area contributed by atoms with E-state index in [9.17, 15) is 9.59 Å². The van der Waals surface area contributed by atoms with Crippen molar-refractivity contribution in [3.8, 4) is 0 Å². The molecule has 6 nitrogen and oxygen atoms in total. The van der Waals surface area contributed by atoms with E-state index in [1.165, 1.54) is 4.90 Å². The van der Waals surface area contributed by atoms with Crippen LogP contribution >= 0.6 is 11.6 Å². The van der Waals surface area contributed by atoms with Crippen LogP contribution in [0.15, 0.2) is 24.3 Å². The van der Waals surface area contributed by atoms with Crippen molar-refractivity contribution in [1.82, 2.24) is 10.4 Å². The average Bonchev–Trinajstić information content (AvgIpc) is 2.31. The summed E-state index contributed by atoms with van der Waals surface area (Å²) in [5, 5.41) is 8.89. The molecule has 1 aromatic carbocycles. The fourth-order valence-corrected chi connectivity index (χ4v) is 1.39. The van der Waals surface area contributed by atoms with E-state index in [2.05, 4.69) is 4.84 Å². The summed E-state index contributed by atoms with van der Waals surface area (Å²) >= 11 is 5.95. The van der Waals surface area contributed by atoms with E-state index >= 15 is 0 Å². The first-order valence-electron chi connectivity index (χ1n) is 5.09. The number of urea groups is 1. The molecule has 0 aliphatic heterocycles. The molecule has 0 spiro atoms. The van der Waals surface area contributed by atoms with Crippen LogP contribution in [0.4, 0.5) is 4.79 Å². The molecule has 2 amide bonds. The summed E-state index contributed by atoms with van der Waals surface area (Å²) in [6, 6.07) is 6.58. The van der Waals surface area contributed by atoms with E-state index in [4.69, 9.17) is 16.7 Å². The minimum absolute atomic E-state index is 0.294. The Hall–Kier alpha value is -1.79. The van der Waals surface area contributed by atoms with E-state index < -0.39 is 18.6 Å². The molecule has 1 rings (SSSR count). The summed E-state index contributed by atoms with van der Waals surface area (Å²) in [6.45, 7) is -0.298. The van der Waals surface area contributed by atoms with Crippen LogP contribution in [-0.2, 0) is 16.2 Å². The molecule has 0 unspecified atom stereocenters. The van der Waals surface area contributed by atoms with E-state index in [-0.39, 0.29) is 0 Å². The minimum atomic E-state index is -1.16. The molecule has 0 aliphatic carbocycles. The van der Waals surface area contributed by atoms with Gasteiger partial charge in [0.2, 0.25) is 0 Å². The van der Waals surface area contributed by atoms with E-state index in [0.29, 0.717) is 11.6 Å². The maximum atomic E-state index is 11.5. The number of hydrogen-bond donors (Lipinski definition) is 2. The van der Waals surface area contributed by atoms with Gasteiger partial charge in [-0.15, -0.1) is 0 Å². The molecule has 0 heterocycles. The SMILES string of the molecule is CN(Cc1ccccc1Cl)C(=O)NOCC(=O)O. The highest BCUT2D eigenvalue weighted by Gasteiger charge is 2.11. The van der Waals surface area contributed by atoms with Crippen LogP contribution in [0.25, 0.3) is 0 Å². The minimum Gasteiger partial charge on any atom is -0.479 e. The van der Waals surface area contributed by atoms with Gasteiger partial charge in [-0.1, -0.05) is 29.8 Å². The normalized spacial score (nSPS) is 9.89. The second-order valence-corrected chi connectivity index (χ2v) is 3.94. The first-order chi connectivity index (χ1) is 8.50. The maximum absolute atomic E-state index is 11.5. The van der Waals surface area contributed by atoms with Crippen LogP contribution < -0.4 is 5.48 Å². The molecule has 1 aromatic rings. The number of benzene rings is 1. The van der Waals surface area contributed by atoms with E-state index in [0.717, 1.165) is 5.56 Å². The number of halogens is 1. The molecule has 0 saturated heterocycles. The third kappa shape index (κ3) is 4.60. The Kier molecular flexibility index (Phi) is 5.41. The average molecular weight is 273 g/mol. The molecule has 7 heteroatoms. The molecule has 0 bridgehead atoms. The zero-order valence-electron chi connectivity index (χ0n) is 9.72. The van der Waals surface area contributed by atoms with E-state index in [1.807, 2.05) is 11.5 Å². The number of amides is 2. The van der Waals surface area contributed by atoms with Gasteiger partial charge >= 0.3 is 12.0 Å². The van der Waals surface area contributed by atoms with E-state index in [1.54, 1.807) is 25.2 Å². The first kappa shape index (κ1) is 14.3. The highest BCUT2D eigenvalue weighted by Crippen LogP contribution is 2.16. The molecule has 0 aromatic heterocycles. The molecular formula is C11H13ClN2O4. The van der Waals surface area contributed by atoms with Crippen LogP contribution in [0.5, 0.6) is 0 Å². The van der Waals surface area contributed by atoms with Gasteiger partial charge in [0, 0.05) is 18.6 Å². The Morgan fingerprint density at radius 1 is 1.44 bits per heavy atom. The van der Waals surface area contributed by atoms with Gasteiger partial charge < -0.3 is 10.0 Å². The third-order valence-corrected chi connectivity index (χ3v) is 2.44. The third-order valence-electron chi connectivity index (χ3n) is 2.07. The number of rotatable bonds is 5. The Balaban J connectivity index is 2.45. The van der Waals surface area contributed by atoms with Gasteiger partial charge in [0.1, 0.15) is 0 Å². The summed E-state index contributed by atoms with van der Waals surface area (Å²) < 4.78 is 0. The summed E-state index contributed by atoms with van der Waals surface area (Å²) in [5.41, 5.74) is 2.80. The number of aliphatic carboxylic acids is 1. The molecule has 0 saturated carbocycles. The van der Waals surface area contributed by atoms with Gasteiger partial charge in [0.05, 0.1) is 0 Å². The van der Waals surface area contributed by atoms with Gasteiger partial charge in [0.25, 0.3) is 0 Å². The van der Waals surface area contributed by atoms with Crippen molar-refractivity contribution >= 4 is 23.6 Å². The number of nitrogens with one attached hydrogen (secondary N) is 1. The van der Waals surface area contributed by atoms with Crippen LogP contribution in [-0.4, -0.2) is 35.7 Å². The molecule has 2 N–H and O–H groups in total. The van der Waals surface area contributed by atoms with Crippen molar-refractivity contribution in [2.75, 3.05) is 13.7 Å². The van der Waals surface area contributed by atoms with Gasteiger partial charge in [-0.2, -0.15) is 0 Å². The lowest BCUT2D eigenvalue weighted by Gasteiger charge is -2.17. The lowest BCUT2D eigenvalue weighted by molar-refractivity contribution is -0.144. The fourth-order valence-electron chi connectivity index (χ4n) is 1.19.